The van der Waals surface area contributed by atoms with Crippen molar-refractivity contribution in [2.24, 2.45) is 0 Å². The number of para-hydroxylation sites is 1. The summed E-state index contributed by atoms with van der Waals surface area (Å²) in [6.07, 6.45) is -0.922. The normalized spacial score (nSPS) is 14.1. The second-order valence-electron chi connectivity index (χ2n) is 5.37. The molecule has 0 aromatic heterocycles. The summed E-state index contributed by atoms with van der Waals surface area (Å²) in [5.74, 6) is 1.25. The van der Waals surface area contributed by atoms with Crippen molar-refractivity contribution in [3.05, 3.63) is 65.7 Å². The van der Waals surface area contributed by atoms with Crippen LogP contribution in [0.3, 0.4) is 0 Å². The summed E-state index contributed by atoms with van der Waals surface area (Å²) >= 11 is 0. The Morgan fingerprint density at radius 1 is 0.850 bits per heavy atom. The SMILES string of the molecule is CC(C)c1ccccc1OC(C)C(O)c1ccccc1. The van der Waals surface area contributed by atoms with E-state index in [2.05, 4.69) is 19.9 Å². The Morgan fingerprint density at radius 3 is 2.10 bits per heavy atom. The first kappa shape index (κ1) is 14.6. The maximum atomic E-state index is 10.4. The highest BCUT2D eigenvalue weighted by Crippen LogP contribution is 2.29. The van der Waals surface area contributed by atoms with Crippen molar-refractivity contribution in [2.75, 3.05) is 0 Å². The Kier molecular flexibility index (Phi) is 4.80. The first-order valence-corrected chi connectivity index (χ1v) is 7.08. The Balaban J connectivity index is 2.14. The maximum absolute atomic E-state index is 10.4. The van der Waals surface area contributed by atoms with Crippen molar-refractivity contribution in [2.45, 2.75) is 38.9 Å². The van der Waals surface area contributed by atoms with Gasteiger partial charge in [-0.15, -0.1) is 0 Å². The number of rotatable bonds is 5. The van der Waals surface area contributed by atoms with Crippen LogP contribution in [-0.2, 0) is 0 Å². The minimum absolute atomic E-state index is 0.294. The van der Waals surface area contributed by atoms with Crippen molar-refractivity contribution in [3.8, 4) is 5.75 Å². The fraction of sp³-hybridized carbons (Fsp3) is 0.333. The molecule has 0 aliphatic rings. The number of aliphatic hydroxyl groups excluding tert-OH is 1. The van der Waals surface area contributed by atoms with Crippen molar-refractivity contribution in [3.63, 3.8) is 0 Å². The largest absolute Gasteiger partial charge is 0.487 e. The molecule has 106 valence electrons. The molecule has 0 aliphatic heterocycles. The number of hydrogen-bond donors (Lipinski definition) is 1. The molecule has 2 unspecified atom stereocenters. The molecule has 0 heterocycles. The van der Waals surface area contributed by atoms with Crippen molar-refractivity contribution in [1.29, 1.82) is 0 Å². The third-order valence-corrected chi connectivity index (χ3v) is 3.44. The van der Waals surface area contributed by atoms with Crippen LogP contribution in [-0.4, -0.2) is 11.2 Å². The van der Waals surface area contributed by atoms with Crippen LogP contribution in [0.25, 0.3) is 0 Å². The second-order valence-corrected chi connectivity index (χ2v) is 5.37. The van der Waals surface area contributed by atoms with E-state index in [-0.39, 0.29) is 6.10 Å². The lowest BCUT2D eigenvalue weighted by Gasteiger charge is -2.23. The predicted octanol–water partition coefficient (Wildman–Crippen LogP) is 4.31. The van der Waals surface area contributed by atoms with Crippen LogP contribution < -0.4 is 4.74 Å². The van der Waals surface area contributed by atoms with Gasteiger partial charge in [-0.1, -0.05) is 62.4 Å². The van der Waals surface area contributed by atoms with E-state index in [9.17, 15) is 5.11 Å². The molecule has 2 aromatic rings. The van der Waals surface area contributed by atoms with E-state index in [4.69, 9.17) is 4.74 Å². The Morgan fingerprint density at radius 2 is 1.45 bits per heavy atom. The average Bonchev–Trinajstić information content (AvgIpc) is 2.47. The Labute approximate surface area is 121 Å². The minimum Gasteiger partial charge on any atom is -0.487 e. The zero-order valence-electron chi connectivity index (χ0n) is 12.3. The molecule has 0 aliphatic carbocycles. The zero-order valence-corrected chi connectivity index (χ0v) is 12.3. The summed E-state index contributed by atoms with van der Waals surface area (Å²) in [4.78, 5) is 0. The molecule has 0 radical (unpaired) electrons. The van der Waals surface area contributed by atoms with E-state index in [1.807, 2.05) is 55.5 Å². The third kappa shape index (κ3) is 3.40. The van der Waals surface area contributed by atoms with E-state index in [1.54, 1.807) is 0 Å². The Bertz CT molecular complexity index is 534. The summed E-state index contributed by atoms with van der Waals surface area (Å²) < 4.78 is 5.97. The molecule has 2 atom stereocenters. The highest BCUT2D eigenvalue weighted by atomic mass is 16.5. The van der Waals surface area contributed by atoms with Crippen LogP contribution in [0, 0.1) is 0 Å². The van der Waals surface area contributed by atoms with Gasteiger partial charge in [-0.2, -0.15) is 0 Å². The van der Waals surface area contributed by atoms with E-state index in [1.165, 1.54) is 5.56 Å². The molecule has 0 saturated carbocycles. The second kappa shape index (κ2) is 6.58. The van der Waals surface area contributed by atoms with Crippen LogP contribution >= 0.6 is 0 Å². The zero-order chi connectivity index (χ0) is 14.5. The molecule has 2 heteroatoms. The minimum atomic E-state index is -0.628. The van der Waals surface area contributed by atoms with Gasteiger partial charge in [-0.3, -0.25) is 0 Å². The molecule has 0 fully saturated rings. The van der Waals surface area contributed by atoms with Crippen LogP contribution in [0.5, 0.6) is 5.75 Å². The molecule has 0 saturated heterocycles. The highest BCUT2D eigenvalue weighted by Gasteiger charge is 2.19. The summed E-state index contributed by atoms with van der Waals surface area (Å²) in [6.45, 7) is 6.18. The van der Waals surface area contributed by atoms with E-state index < -0.39 is 6.10 Å². The molecular formula is C18H22O2. The standard InChI is InChI=1S/C18H22O2/c1-13(2)16-11-7-8-12-17(16)20-14(3)18(19)15-9-5-4-6-10-15/h4-14,18-19H,1-3H3. The van der Waals surface area contributed by atoms with E-state index in [0.29, 0.717) is 5.92 Å². The van der Waals surface area contributed by atoms with Gasteiger partial charge in [0.25, 0.3) is 0 Å². The first-order valence-electron chi connectivity index (χ1n) is 7.08. The molecule has 2 nitrogen and oxygen atoms in total. The van der Waals surface area contributed by atoms with Gasteiger partial charge in [-0.05, 0) is 30.0 Å². The van der Waals surface area contributed by atoms with E-state index in [0.717, 1.165) is 11.3 Å². The van der Waals surface area contributed by atoms with Crippen LogP contribution in [0.2, 0.25) is 0 Å². The van der Waals surface area contributed by atoms with Gasteiger partial charge < -0.3 is 9.84 Å². The maximum Gasteiger partial charge on any atom is 0.126 e. The van der Waals surface area contributed by atoms with Gasteiger partial charge in [0, 0.05) is 0 Å². The summed E-state index contributed by atoms with van der Waals surface area (Å²) in [6, 6.07) is 17.6. The van der Waals surface area contributed by atoms with Gasteiger partial charge in [-0.25, -0.2) is 0 Å². The third-order valence-electron chi connectivity index (χ3n) is 3.44. The van der Waals surface area contributed by atoms with Crippen LogP contribution in [0.1, 0.15) is 43.9 Å². The first-order chi connectivity index (χ1) is 9.59. The summed E-state index contributed by atoms with van der Waals surface area (Å²) in [7, 11) is 0. The quantitative estimate of drug-likeness (QED) is 0.877. The monoisotopic (exact) mass is 270 g/mol. The van der Waals surface area contributed by atoms with Gasteiger partial charge in [0.15, 0.2) is 0 Å². The van der Waals surface area contributed by atoms with Gasteiger partial charge in [0.2, 0.25) is 0 Å². The smallest absolute Gasteiger partial charge is 0.126 e. The average molecular weight is 270 g/mol. The molecular weight excluding hydrogens is 248 g/mol. The Hall–Kier alpha value is -1.80. The van der Waals surface area contributed by atoms with E-state index >= 15 is 0 Å². The number of aliphatic hydroxyl groups is 1. The lowest BCUT2D eigenvalue weighted by atomic mass is 10.0. The summed E-state index contributed by atoms with van der Waals surface area (Å²) in [5.41, 5.74) is 2.04. The fourth-order valence-corrected chi connectivity index (χ4v) is 2.25. The van der Waals surface area contributed by atoms with Gasteiger partial charge in [0.05, 0.1) is 0 Å². The van der Waals surface area contributed by atoms with Crippen molar-refractivity contribution < 1.29 is 9.84 Å². The van der Waals surface area contributed by atoms with Crippen LogP contribution in [0.4, 0.5) is 0 Å². The molecule has 1 N–H and O–H groups in total. The topological polar surface area (TPSA) is 29.5 Å². The van der Waals surface area contributed by atoms with Crippen LogP contribution in [0.15, 0.2) is 54.6 Å². The highest BCUT2D eigenvalue weighted by molar-refractivity contribution is 5.36. The molecule has 20 heavy (non-hydrogen) atoms. The summed E-state index contributed by atoms with van der Waals surface area (Å²) in [5, 5.41) is 10.4. The fourth-order valence-electron chi connectivity index (χ4n) is 2.25. The van der Waals surface area contributed by atoms with Crippen molar-refractivity contribution in [1.82, 2.24) is 0 Å². The lowest BCUT2D eigenvalue weighted by molar-refractivity contribution is 0.0460. The van der Waals surface area contributed by atoms with Gasteiger partial charge in [0.1, 0.15) is 18.0 Å². The lowest BCUT2D eigenvalue weighted by Crippen LogP contribution is -2.22. The molecule has 0 bridgehead atoms. The van der Waals surface area contributed by atoms with Gasteiger partial charge >= 0.3 is 0 Å². The molecule has 0 spiro atoms. The molecule has 2 aromatic carbocycles. The molecule has 0 amide bonds. The molecule has 2 rings (SSSR count). The number of ether oxygens (including phenoxy) is 1. The predicted molar refractivity (Wildman–Crippen MR) is 82.0 cm³/mol. The number of benzene rings is 2. The number of hydrogen-bond acceptors (Lipinski definition) is 2. The van der Waals surface area contributed by atoms with Crippen molar-refractivity contribution >= 4 is 0 Å².